The molecule has 30 heavy (non-hydrogen) atoms. The molecule has 0 unspecified atom stereocenters. The van der Waals surface area contributed by atoms with Crippen LogP contribution in [0.25, 0.3) is 0 Å². The number of nitrogens with zero attached hydrogens (tertiary/aromatic N) is 1. The van der Waals surface area contributed by atoms with Gasteiger partial charge in [0.25, 0.3) is 5.91 Å². The maximum absolute atomic E-state index is 12.9. The predicted octanol–water partition coefficient (Wildman–Crippen LogP) is 5.63. The third kappa shape index (κ3) is 2.82. The fraction of sp³-hybridized carbons (Fsp3) is 0.308. The van der Waals surface area contributed by atoms with E-state index >= 15 is 0 Å². The second-order valence-corrected chi connectivity index (χ2v) is 8.97. The third-order valence-corrected chi connectivity index (χ3v) is 7.43. The van der Waals surface area contributed by atoms with Crippen molar-refractivity contribution in [3.05, 3.63) is 89.7 Å². The van der Waals surface area contributed by atoms with E-state index in [9.17, 15) is 4.79 Å². The number of hydrogen-bond donors (Lipinski definition) is 2. The summed E-state index contributed by atoms with van der Waals surface area (Å²) in [4.78, 5) is 17.0. The zero-order chi connectivity index (χ0) is 20.1. The minimum absolute atomic E-state index is 0.0734. The number of fused-ring (bicyclic) bond motifs is 7. The maximum Gasteiger partial charge on any atom is 0.255 e. The van der Waals surface area contributed by atoms with Gasteiger partial charge in [0.05, 0.1) is 17.9 Å². The first-order valence-electron chi connectivity index (χ1n) is 10.9. The van der Waals surface area contributed by atoms with Crippen LogP contribution in [0, 0.1) is 17.8 Å². The number of aromatic nitrogens is 1. The molecule has 3 aromatic rings. The van der Waals surface area contributed by atoms with Gasteiger partial charge in [-0.25, -0.2) is 0 Å². The number of amides is 1. The molecule has 1 amide bonds. The minimum Gasteiger partial charge on any atom is -0.378 e. The summed E-state index contributed by atoms with van der Waals surface area (Å²) in [5.74, 6) is 2.59. The zero-order valence-electron chi connectivity index (χ0n) is 16.8. The van der Waals surface area contributed by atoms with Crippen molar-refractivity contribution in [1.29, 1.82) is 0 Å². The number of benzene rings is 2. The summed E-state index contributed by atoms with van der Waals surface area (Å²) in [6.07, 6.45) is 7.37. The highest BCUT2D eigenvalue weighted by atomic mass is 16.1. The van der Waals surface area contributed by atoms with Gasteiger partial charge in [0, 0.05) is 17.4 Å². The topological polar surface area (TPSA) is 54.0 Å². The van der Waals surface area contributed by atoms with Crippen LogP contribution in [-0.4, -0.2) is 10.9 Å². The van der Waals surface area contributed by atoms with Gasteiger partial charge in [-0.05, 0) is 84.4 Å². The van der Waals surface area contributed by atoms with Crippen molar-refractivity contribution in [3.63, 3.8) is 0 Å². The Kier molecular flexibility index (Phi) is 4.12. The van der Waals surface area contributed by atoms with E-state index in [4.69, 9.17) is 0 Å². The second-order valence-electron chi connectivity index (χ2n) is 8.97. The molecular formula is C26H25N3O. The van der Waals surface area contributed by atoms with E-state index in [1.54, 1.807) is 12.4 Å². The van der Waals surface area contributed by atoms with Crippen LogP contribution in [0.1, 0.15) is 52.7 Å². The van der Waals surface area contributed by atoms with E-state index in [-0.39, 0.29) is 5.91 Å². The van der Waals surface area contributed by atoms with Crippen LogP contribution >= 0.6 is 0 Å². The van der Waals surface area contributed by atoms with Crippen molar-refractivity contribution in [2.75, 3.05) is 10.6 Å². The van der Waals surface area contributed by atoms with E-state index in [1.165, 1.54) is 36.1 Å². The summed E-state index contributed by atoms with van der Waals surface area (Å²) in [6.45, 7) is 0. The molecule has 2 aliphatic carbocycles. The highest BCUT2D eigenvalue weighted by Crippen LogP contribution is 2.63. The lowest BCUT2D eigenvalue weighted by molar-refractivity contribution is 0.102. The second kappa shape index (κ2) is 6.98. The van der Waals surface area contributed by atoms with Crippen LogP contribution in [0.4, 0.5) is 11.4 Å². The highest BCUT2D eigenvalue weighted by molar-refractivity contribution is 6.04. The standard InChI is InChI=1S/C26H25N3O/c30-26(28-20-7-4-12-27-15-20)19-10-11-22-21(14-19)23-17-8-9-18(13-17)24(23)25(29-22)16-5-2-1-3-6-16/h1-7,10-12,14-15,17-18,23-25,29H,8-9,13H2,(H,28,30)/t17-,18+,23-,24+,25-/m1/s1. The average molecular weight is 396 g/mol. The molecule has 2 saturated carbocycles. The Hall–Kier alpha value is -3.14. The first-order chi connectivity index (χ1) is 14.8. The number of hydrogen-bond acceptors (Lipinski definition) is 3. The highest BCUT2D eigenvalue weighted by Gasteiger charge is 2.53. The van der Waals surface area contributed by atoms with Gasteiger partial charge in [0.1, 0.15) is 0 Å². The van der Waals surface area contributed by atoms with E-state index in [2.05, 4.69) is 58.1 Å². The quantitative estimate of drug-likeness (QED) is 0.604. The first kappa shape index (κ1) is 17.7. The Morgan fingerprint density at radius 3 is 2.70 bits per heavy atom. The van der Waals surface area contributed by atoms with Gasteiger partial charge >= 0.3 is 0 Å². The SMILES string of the molecule is O=C(Nc1cccnc1)c1ccc2c(c1)[C@H]1[C@@H]3CC[C@@H](C3)[C@@H]1[C@@H](c1ccccc1)N2. The van der Waals surface area contributed by atoms with Crippen molar-refractivity contribution < 1.29 is 4.79 Å². The normalized spacial score (nSPS) is 28.3. The van der Waals surface area contributed by atoms with Crippen LogP contribution in [-0.2, 0) is 0 Å². The van der Waals surface area contributed by atoms with Crippen molar-refractivity contribution in [2.45, 2.75) is 31.2 Å². The molecule has 4 heteroatoms. The van der Waals surface area contributed by atoms with E-state index in [0.717, 1.165) is 23.1 Å². The monoisotopic (exact) mass is 395 g/mol. The van der Waals surface area contributed by atoms with E-state index in [1.807, 2.05) is 18.2 Å². The maximum atomic E-state index is 12.9. The summed E-state index contributed by atoms with van der Waals surface area (Å²) < 4.78 is 0. The molecule has 2 fully saturated rings. The van der Waals surface area contributed by atoms with Gasteiger partial charge in [-0.1, -0.05) is 30.3 Å². The van der Waals surface area contributed by atoms with Crippen LogP contribution in [0.5, 0.6) is 0 Å². The van der Waals surface area contributed by atoms with Crippen LogP contribution in [0.2, 0.25) is 0 Å². The van der Waals surface area contributed by atoms with Crippen LogP contribution in [0.15, 0.2) is 73.1 Å². The fourth-order valence-electron chi connectivity index (χ4n) is 6.26. The lowest BCUT2D eigenvalue weighted by Gasteiger charge is -2.43. The Morgan fingerprint density at radius 2 is 1.87 bits per heavy atom. The molecule has 4 nitrogen and oxygen atoms in total. The van der Waals surface area contributed by atoms with Gasteiger partial charge in [0.15, 0.2) is 0 Å². The van der Waals surface area contributed by atoms with Gasteiger partial charge in [-0.2, -0.15) is 0 Å². The smallest absolute Gasteiger partial charge is 0.255 e. The molecule has 2 N–H and O–H groups in total. The predicted molar refractivity (Wildman–Crippen MR) is 118 cm³/mol. The van der Waals surface area contributed by atoms with Crippen molar-refractivity contribution >= 4 is 17.3 Å². The summed E-state index contributed by atoms with van der Waals surface area (Å²) in [6, 6.07) is 21.1. The summed E-state index contributed by atoms with van der Waals surface area (Å²) in [5.41, 5.74) is 5.34. The lowest BCUT2D eigenvalue weighted by atomic mass is 9.68. The van der Waals surface area contributed by atoms with Crippen molar-refractivity contribution in [2.24, 2.45) is 17.8 Å². The molecule has 150 valence electrons. The molecule has 3 aliphatic rings. The Balaban J connectivity index is 1.36. The molecule has 0 saturated heterocycles. The Morgan fingerprint density at radius 1 is 1.00 bits per heavy atom. The number of anilines is 2. The molecule has 2 heterocycles. The van der Waals surface area contributed by atoms with Crippen molar-refractivity contribution in [3.8, 4) is 0 Å². The number of carbonyl (C=O) groups excluding carboxylic acids is 1. The number of carbonyl (C=O) groups is 1. The van der Waals surface area contributed by atoms with Crippen LogP contribution in [0.3, 0.4) is 0 Å². The molecule has 1 aromatic heterocycles. The van der Waals surface area contributed by atoms with E-state index in [0.29, 0.717) is 17.9 Å². The molecular weight excluding hydrogens is 370 g/mol. The van der Waals surface area contributed by atoms with Gasteiger partial charge in [0.2, 0.25) is 0 Å². The molecule has 5 atom stereocenters. The molecule has 1 aliphatic heterocycles. The summed E-state index contributed by atoms with van der Waals surface area (Å²) in [5, 5.41) is 6.82. The Labute approximate surface area is 176 Å². The summed E-state index contributed by atoms with van der Waals surface area (Å²) >= 11 is 0. The number of rotatable bonds is 3. The molecule has 2 bridgehead atoms. The first-order valence-corrected chi connectivity index (χ1v) is 10.9. The van der Waals surface area contributed by atoms with E-state index < -0.39 is 0 Å². The van der Waals surface area contributed by atoms with Gasteiger partial charge < -0.3 is 10.6 Å². The lowest BCUT2D eigenvalue weighted by Crippen LogP contribution is -2.35. The largest absolute Gasteiger partial charge is 0.378 e. The average Bonchev–Trinajstić information content (AvgIpc) is 3.42. The molecule has 2 aromatic carbocycles. The molecule has 0 spiro atoms. The minimum atomic E-state index is -0.0734. The third-order valence-electron chi connectivity index (χ3n) is 7.43. The number of pyridine rings is 1. The molecule has 0 radical (unpaired) electrons. The van der Waals surface area contributed by atoms with Gasteiger partial charge in [-0.15, -0.1) is 0 Å². The van der Waals surface area contributed by atoms with Gasteiger partial charge in [-0.3, -0.25) is 9.78 Å². The fourth-order valence-corrected chi connectivity index (χ4v) is 6.26. The molecule has 6 rings (SSSR count). The zero-order valence-corrected chi connectivity index (χ0v) is 16.8. The Bertz CT molecular complexity index is 1080. The number of nitrogens with one attached hydrogen (secondary N) is 2. The van der Waals surface area contributed by atoms with Crippen LogP contribution < -0.4 is 10.6 Å². The van der Waals surface area contributed by atoms with Crippen molar-refractivity contribution in [1.82, 2.24) is 4.98 Å². The summed E-state index contributed by atoms with van der Waals surface area (Å²) in [7, 11) is 0.